The van der Waals surface area contributed by atoms with Crippen molar-refractivity contribution >= 4 is 35.8 Å². The van der Waals surface area contributed by atoms with Gasteiger partial charge in [-0.2, -0.15) is 0 Å². The zero-order valence-corrected chi connectivity index (χ0v) is 7.74. The first-order chi connectivity index (χ1) is 6.30. The van der Waals surface area contributed by atoms with Gasteiger partial charge in [0.15, 0.2) is 0 Å². The first kappa shape index (κ1) is 13.5. The molecule has 0 saturated carbocycles. The predicted molar refractivity (Wildman–Crippen MR) is 56.5 cm³/mol. The number of aldehydes is 1. The summed E-state index contributed by atoms with van der Waals surface area (Å²) in [7, 11) is 3.17. The number of hydrogen-bond donors (Lipinski definition) is 0. The van der Waals surface area contributed by atoms with E-state index in [4.69, 9.17) is 9.47 Å². The van der Waals surface area contributed by atoms with Gasteiger partial charge in [-0.1, -0.05) is 0 Å². The van der Waals surface area contributed by atoms with Crippen molar-refractivity contribution in [2.24, 2.45) is 0 Å². The molecule has 3 nitrogen and oxygen atoms in total. The molecule has 0 saturated heterocycles. The maximum atomic E-state index is 10.3. The monoisotopic (exact) mass is 204 g/mol. The average Bonchev–Trinajstić information content (AvgIpc) is 2.17. The van der Waals surface area contributed by atoms with Crippen LogP contribution in [0.15, 0.2) is 18.2 Å². The van der Waals surface area contributed by atoms with Gasteiger partial charge in [0.1, 0.15) is 17.8 Å². The van der Waals surface area contributed by atoms with Crippen molar-refractivity contribution in [3.05, 3.63) is 23.8 Å². The second-order valence-corrected chi connectivity index (χ2v) is 2.59. The third-order valence-corrected chi connectivity index (χ3v) is 1.73. The van der Waals surface area contributed by atoms with Crippen LogP contribution in [0, 0.1) is 0 Å². The van der Waals surface area contributed by atoms with Gasteiger partial charge in [0.2, 0.25) is 0 Å². The van der Waals surface area contributed by atoms with Crippen LogP contribution in [-0.2, 0) is 11.2 Å². The molecule has 4 heteroatoms. The van der Waals surface area contributed by atoms with Gasteiger partial charge in [-0.25, -0.2) is 0 Å². The summed E-state index contributed by atoms with van der Waals surface area (Å²) >= 11 is 0. The van der Waals surface area contributed by atoms with Crippen molar-refractivity contribution in [1.82, 2.24) is 0 Å². The number of carbonyl (C=O) groups is 1. The summed E-state index contributed by atoms with van der Waals surface area (Å²) in [5, 5.41) is 0. The molecule has 1 rings (SSSR count). The van der Waals surface area contributed by atoms with E-state index in [1.165, 1.54) is 0 Å². The van der Waals surface area contributed by atoms with Crippen LogP contribution in [0.3, 0.4) is 0 Å². The Bertz CT molecular complexity index is 277. The second-order valence-electron chi connectivity index (χ2n) is 2.59. The minimum atomic E-state index is 0. The molecule has 0 aliphatic rings. The molecule has 0 radical (unpaired) electrons. The summed E-state index contributed by atoms with van der Waals surface area (Å²) in [5.74, 6) is 1.41. The van der Waals surface area contributed by atoms with E-state index in [2.05, 4.69) is 0 Å². The molecule has 0 heterocycles. The summed E-state index contributed by atoms with van der Waals surface area (Å²) in [6.07, 6.45) is 1.24. The van der Waals surface area contributed by atoms with Crippen LogP contribution < -0.4 is 9.47 Å². The van der Waals surface area contributed by atoms with E-state index in [0.717, 1.165) is 11.8 Å². The van der Waals surface area contributed by atoms with Gasteiger partial charge in [-0.05, 0) is 17.7 Å². The van der Waals surface area contributed by atoms with Gasteiger partial charge in [0.05, 0.1) is 14.2 Å². The Kier molecular flexibility index (Phi) is 6.62. The number of methoxy groups -OCH3 is 2. The second kappa shape index (κ2) is 6.87. The Morgan fingerprint density at radius 3 is 2.00 bits per heavy atom. The normalized spacial score (nSPS) is 8.71. The molecule has 0 amide bonds. The number of ether oxygens (including phenoxy) is 2. The van der Waals surface area contributed by atoms with Crippen molar-refractivity contribution in [2.45, 2.75) is 6.42 Å². The molecule has 0 aliphatic heterocycles. The third-order valence-electron chi connectivity index (χ3n) is 1.73. The first-order valence-electron chi connectivity index (χ1n) is 3.95. The number of hydrogen-bond acceptors (Lipinski definition) is 3. The molecule has 1 aromatic rings. The van der Waals surface area contributed by atoms with Gasteiger partial charge >= 0.3 is 29.6 Å². The summed E-state index contributed by atoms with van der Waals surface area (Å²) in [6.45, 7) is 0. The zero-order chi connectivity index (χ0) is 9.68. The summed E-state index contributed by atoms with van der Waals surface area (Å²) < 4.78 is 10.1. The molecule has 72 valence electrons. The fourth-order valence-electron chi connectivity index (χ4n) is 1.08. The standard InChI is InChI=1S/C10H12O3.Na.H/c1-12-9-5-8(3-4-11)6-10(7-9)13-2;;/h4-7H,3H2,1-2H3;;. The molecule has 14 heavy (non-hydrogen) atoms. The molecule has 0 unspecified atom stereocenters. The molecule has 0 spiro atoms. The van der Waals surface area contributed by atoms with Crippen molar-refractivity contribution < 1.29 is 14.3 Å². The fourth-order valence-corrected chi connectivity index (χ4v) is 1.08. The molecule has 0 bridgehead atoms. The molecule has 0 aliphatic carbocycles. The molecule has 0 fully saturated rings. The van der Waals surface area contributed by atoms with E-state index in [1.54, 1.807) is 20.3 Å². The van der Waals surface area contributed by atoms with Crippen molar-refractivity contribution in [2.75, 3.05) is 14.2 Å². The van der Waals surface area contributed by atoms with Crippen LogP contribution in [-0.4, -0.2) is 50.1 Å². The molecule has 1 aromatic carbocycles. The van der Waals surface area contributed by atoms with Gasteiger partial charge < -0.3 is 14.3 Å². The SMILES string of the molecule is COc1cc(CC=O)cc(OC)c1.[NaH]. The van der Waals surface area contributed by atoms with Crippen molar-refractivity contribution in [1.29, 1.82) is 0 Å². The van der Waals surface area contributed by atoms with Gasteiger partial charge in [0.25, 0.3) is 0 Å². The Balaban J connectivity index is 0.00000169. The van der Waals surface area contributed by atoms with Crippen LogP contribution in [0.4, 0.5) is 0 Å². The van der Waals surface area contributed by atoms with Gasteiger partial charge in [0, 0.05) is 12.5 Å². The molecule has 0 aromatic heterocycles. The first-order valence-corrected chi connectivity index (χ1v) is 3.95. The van der Waals surface area contributed by atoms with Crippen LogP contribution in [0.1, 0.15) is 5.56 Å². The maximum absolute atomic E-state index is 10.3. The zero-order valence-electron chi connectivity index (χ0n) is 7.74. The van der Waals surface area contributed by atoms with Crippen molar-refractivity contribution in [3.8, 4) is 11.5 Å². The topological polar surface area (TPSA) is 35.5 Å². The summed E-state index contributed by atoms with van der Waals surface area (Å²) in [5.41, 5.74) is 0.895. The van der Waals surface area contributed by atoms with E-state index in [-0.39, 0.29) is 29.6 Å². The van der Waals surface area contributed by atoms with E-state index in [1.807, 2.05) is 12.1 Å². The van der Waals surface area contributed by atoms with E-state index in [9.17, 15) is 4.79 Å². The molecular formula is C10H13NaO3. The number of benzene rings is 1. The van der Waals surface area contributed by atoms with Crippen LogP contribution >= 0.6 is 0 Å². The van der Waals surface area contributed by atoms with E-state index < -0.39 is 0 Å². The number of carbonyl (C=O) groups excluding carboxylic acids is 1. The molecular weight excluding hydrogens is 191 g/mol. The Hall–Kier alpha value is -0.510. The Morgan fingerprint density at radius 2 is 1.64 bits per heavy atom. The van der Waals surface area contributed by atoms with Gasteiger partial charge in [-0.3, -0.25) is 0 Å². The molecule has 0 atom stereocenters. The predicted octanol–water partition coefficient (Wildman–Crippen LogP) is 0.797. The Labute approximate surface area is 106 Å². The quantitative estimate of drug-likeness (QED) is 0.537. The Morgan fingerprint density at radius 1 is 1.14 bits per heavy atom. The van der Waals surface area contributed by atoms with Gasteiger partial charge in [-0.15, -0.1) is 0 Å². The van der Waals surface area contributed by atoms with E-state index in [0.29, 0.717) is 17.9 Å². The third kappa shape index (κ3) is 3.70. The van der Waals surface area contributed by atoms with E-state index >= 15 is 0 Å². The van der Waals surface area contributed by atoms with Crippen LogP contribution in [0.25, 0.3) is 0 Å². The van der Waals surface area contributed by atoms with Crippen LogP contribution in [0.2, 0.25) is 0 Å². The summed E-state index contributed by atoms with van der Waals surface area (Å²) in [6, 6.07) is 5.40. The molecule has 0 N–H and O–H groups in total. The minimum absolute atomic E-state index is 0. The number of rotatable bonds is 4. The van der Waals surface area contributed by atoms with Crippen molar-refractivity contribution in [3.63, 3.8) is 0 Å². The summed E-state index contributed by atoms with van der Waals surface area (Å²) in [4.78, 5) is 10.3. The van der Waals surface area contributed by atoms with Crippen LogP contribution in [0.5, 0.6) is 11.5 Å². The fraction of sp³-hybridized carbons (Fsp3) is 0.300. The average molecular weight is 204 g/mol.